The summed E-state index contributed by atoms with van der Waals surface area (Å²) >= 11 is 0. The molecule has 142 valence electrons. The van der Waals surface area contributed by atoms with Crippen LogP contribution in [0.15, 0.2) is 4.99 Å². The Morgan fingerprint density at radius 1 is 1.29 bits per heavy atom. The predicted molar refractivity (Wildman–Crippen MR) is 98.6 cm³/mol. The lowest BCUT2D eigenvalue weighted by molar-refractivity contribution is -0.131. The number of aliphatic imine (C=N–C) groups is 1. The van der Waals surface area contributed by atoms with Gasteiger partial charge in [-0.25, -0.2) is 8.42 Å². The maximum absolute atomic E-state index is 12.0. The average molecular weight is 384 g/mol. The highest BCUT2D eigenvalue weighted by Crippen LogP contribution is 2.10. The molecule has 1 heterocycles. The normalized spacial score (nSPS) is 16.6. The van der Waals surface area contributed by atoms with Crippen molar-refractivity contribution in [1.82, 2.24) is 9.62 Å². The van der Waals surface area contributed by atoms with Crippen LogP contribution in [0.5, 0.6) is 0 Å². The van der Waals surface area contributed by atoms with Crippen molar-refractivity contribution in [2.24, 2.45) is 16.5 Å². The highest BCUT2D eigenvalue weighted by Gasteiger charge is 2.23. The Labute approximate surface area is 150 Å². The molecule has 1 aliphatic rings. The fraction of sp³-hybridized carbons (Fsp3) is 0.857. The van der Waals surface area contributed by atoms with Gasteiger partial charge in [0, 0.05) is 19.6 Å². The van der Waals surface area contributed by atoms with E-state index in [0.29, 0.717) is 25.8 Å². The summed E-state index contributed by atoms with van der Waals surface area (Å²) in [4.78, 5) is 17.8. The Hall–Kier alpha value is -1.06. The first-order valence-corrected chi connectivity index (χ1v) is 9.85. The molecular weight excluding hydrogens is 354 g/mol. The maximum atomic E-state index is 12.0. The Morgan fingerprint density at radius 3 is 2.50 bits per heavy atom. The fourth-order valence-corrected chi connectivity index (χ4v) is 3.54. The number of nitrogens with two attached hydrogens (primary N) is 2. The van der Waals surface area contributed by atoms with Gasteiger partial charge in [0.05, 0.1) is 11.8 Å². The van der Waals surface area contributed by atoms with E-state index >= 15 is 0 Å². The van der Waals surface area contributed by atoms with Crippen molar-refractivity contribution in [2.45, 2.75) is 51.5 Å². The van der Waals surface area contributed by atoms with Crippen LogP contribution in [0.25, 0.3) is 0 Å². The summed E-state index contributed by atoms with van der Waals surface area (Å²) in [5.74, 6) is -0.0881. The molecule has 0 aliphatic carbocycles. The number of amides is 1. The number of hydrogen-bond acceptors (Lipinski definition) is 5. The van der Waals surface area contributed by atoms with Crippen molar-refractivity contribution < 1.29 is 13.2 Å². The molecule has 0 aromatic heterocycles. The van der Waals surface area contributed by atoms with Crippen LogP contribution >= 0.6 is 12.4 Å². The second-order valence-corrected chi connectivity index (χ2v) is 7.66. The smallest absolute Gasteiger partial charge is 0.239 e. The van der Waals surface area contributed by atoms with Crippen molar-refractivity contribution in [3.8, 4) is 0 Å². The molecule has 5 N–H and O–H groups in total. The lowest BCUT2D eigenvalue weighted by atomic mass is 10.1. The zero-order valence-electron chi connectivity index (χ0n) is 14.2. The Morgan fingerprint density at radius 2 is 1.92 bits per heavy atom. The van der Waals surface area contributed by atoms with Crippen LogP contribution in [0.1, 0.15) is 45.4 Å². The van der Waals surface area contributed by atoms with Gasteiger partial charge in [-0.3, -0.25) is 14.5 Å². The number of unbranched alkanes of at least 4 members (excludes halogenated alkanes) is 1. The van der Waals surface area contributed by atoms with Crippen LogP contribution in [0, 0.1) is 0 Å². The van der Waals surface area contributed by atoms with Gasteiger partial charge in [-0.15, -0.1) is 12.4 Å². The van der Waals surface area contributed by atoms with Gasteiger partial charge in [-0.2, -0.15) is 0 Å². The van der Waals surface area contributed by atoms with Crippen LogP contribution in [0.2, 0.25) is 0 Å². The van der Waals surface area contributed by atoms with Crippen molar-refractivity contribution in [3.05, 3.63) is 0 Å². The van der Waals surface area contributed by atoms with Crippen molar-refractivity contribution in [1.29, 1.82) is 0 Å². The molecular formula is C14H30ClN5O3S. The predicted octanol–water partition coefficient (Wildman–Crippen LogP) is 0.172. The number of sulfonamides is 1. The molecule has 0 aromatic carbocycles. The van der Waals surface area contributed by atoms with E-state index in [0.717, 1.165) is 32.4 Å². The summed E-state index contributed by atoms with van der Waals surface area (Å²) in [6.45, 7) is 3.83. The molecule has 0 spiro atoms. The van der Waals surface area contributed by atoms with Gasteiger partial charge in [-0.05, 0) is 32.1 Å². The molecule has 10 heteroatoms. The minimum Gasteiger partial charge on any atom is -0.369 e. The molecule has 0 saturated carbocycles. The SMILES string of the molecule is CCCCS(=O)(=O)NC(N)=NCCC[C@H](N)C(=O)N1CCCC1.Cl. The van der Waals surface area contributed by atoms with E-state index < -0.39 is 16.1 Å². The van der Waals surface area contributed by atoms with Gasteiger partial charge < -0.3 is 16.4 Å². The van der Waals surface area contributed by atoms with Gasteiger partial charge in [0.2, 0.25) is 21.9 Å². The number of nitrogens with one attached hydrogen (secondary N) is 1. The van der Waals surface area contributed by atoms with Crippen LogP contribution in [-0.2, 0) is 14.8 Å². The van der Waals surface area contributed by atoms with Crippen LogP contribution in [-0.4, -0.2) is 56.6 Å². The van der Waals surface area contributed by atoms with E-state index in [-0.39, 0.29) is 30.0 Å². The van der Waals surface area contributed by atoms with E-state index in [9.17, 15) is 13.2 Å². The lowest BCUT2D eigenvalue weighted by Crippen LogP contribution is -2.42. The third-order valence-electron chi connectivity index (χ3n) is 3.72. The van der Waals surface area contributed by atoms with Gasteiger partial charge in [0.25, 0.3) is 0 Å². The third-order valence-corrected chi connectivity index (χ3v) is 5.06. The van der Waals surface area contributed by atoms with Gasteiger partial charge in [0.15, 0.2) is 0 Å². The fourth-order valence-electron chi connectivity index (χ4n) is 2.38. The molecule has 1 rings (SSSR count). The summed E-state index contributed by atoms with van der Waals surface area (Å²) in [6, 6.07) is -0.522. The largest absolute Gasteiger partial charge is 0.369 e. The van der Waals surface area contributed by atoms with E-state index in [1.165, 1.54) is 0 Å². The number of nitrogens with zero attached hydrogens (tertiary/aromatic N) is 2. The first kappa shape index (κ1) is 22.9. The minimum atomic E-state index is -3.41. The second kappa shape index (κ2) is 11.5. The number of guanidine groups is 1. The van der Waals surface area contributed by atoms with Crippen molar-refractivity contribution >= 4 is 34.3 Å². The summed E-state index contributed by atoms with van der Waals surface area (Å²) in [5, 5.41) is 0. The van der Waals surface area contributed by atoms with Gasteiger partial charge in [0.1, 0.15) is 0 Å². The molecule has 24 heavy (non-hydrogen) atoms. The number of halogens is 1. The summed E-state index contributed by atoms with van der Waals surface area (Å²) in [6.07, 6.45) is 4.54. The summed E-state index contributed by atoms with van der Waals surface area (Å²) in [5.41, 5.74) is 11.4. The standard InChI is InChI=1S/C14H29N5O3S.ClH/c1-2-3-11-23(21,22)18-14(16)17-8-6-7-12(15)13(20)19-9-4-5-10-19;/h12H,2-11,15H2,1H3,(H3,16,17,18);1H/t12-;/m0./s1. The molecule has 1 atom stereocenters. The monoisotopic (exact) mass is 383 g/mol. The maximum Gasteiger partial charge on any atom is 0.239 e. The molecule has 0 unspecified atom stereocenters. The summed E-state index contributed by atoms with van der Waals surface area (Å²) in [7, 11) is -3.41. The first-order chi connectivity index (χ1) is 10.9. The number of rotatable bonds is 9. The third kappa shape index (κ3) is 8.70. The first-order valence-electron chi connectivity index (χ1n) is 8.20. The molecule has 1 fully saturated rings. The Bertz CT molecular complexity index is 507. The van der Waals surface area contributed by atoms with E-state index in [2.05, 4.69) is 9.71 Å². The number of carbonyl (C=O) groups is 1. The van der Waals surface area contributed by atoms with E-state index in [4.69, 9.17) is 11.5 Å². The Kier molecular flexibility index (Phi) is 11.0. The molecule has 0 bridgehead atoms. The number of likely N-dealkylation sites (tertiary alicyclic amines) is 1. The molecule has 1 saturated heterocycles. The van der Waals surface area contributed by atoms with Crippen LogP contribution < -0.4 is 16.2 Å². The molecule has 0 aromatic rings. The average Bonchev–Trinajstić information content (AvgIpc) is 3.02. The highest BCUT2D eigenvalue weighted by atomic mass is 35.5. The number of carbonyl (C=O) groups excluding carboxylic acids is 1. The zero-order chi connectivity index (χ0) is 17.3. The highest BCUT2D eigenvalue weighted by molar-refractivity contribution is 7.90. The van der Waals surface area contributed by atoms with Gasteiger partial charge in [-0.1, -0.05) is 13.3 Å². The zero-order valence-corrected chi connectivity index (χ0v) is 15.9. The van der Waals surface area contributed by atoms with Crippen molar-refractivity contribution in [3.63, 3.8) is 0 Å². The number of hydrogen-bond donors (Lipinski definition) is 3. The van der Waals surface area contributed by atoms with Crippen LogP contribution in [0.4, 0.5) is 0 Å². The molecule has 0 radical (unpaired) electrons. The minimum absolute atomic E-state index is 0. The molecule has 1 aliphatic heterocycles. The summed E-state index contributed by atoms with van der Waals surface area (Å²) < 4.78 is 25.5. The van der Waals surface area contributed by atoms with E-state index in [1.807, 2.05) is 6.92 Å². The molecule has 8 nitrogen and oxygen atoms in total. The Balaban J connectivity index is 0.00000529. The quantitative estimate of drug-likeness (QED) is 0.297. The van der Waals surface area contributed by atoms with E-state index in [1.54, 1.807) is 4.90 Å². The topological polar surface area (TPSA) is 131 Å². The van der Waals surface area contributed by atoms with Gasteiger partial charge >= 0.3 is 0 Å². The lowest BCUT2D eigenvalue weighted by Gasteiger charge is -2.19. The molecule has 1 amide bonds. The van der Waals surface area contributed by atoms with Crippen LogP contribution in [0.3, 0.4) is 0 Å². The second-order valence-electron chi connectivity index (χ2n) is 5.82. The van der Waals surface area contributed by atoms with Crippen molar-refractivity contribution in [2.75, 3.05) is 25.4 Å².